The number of esters is 1. The zero-order valence-corrected chi connectivity index (χ0v) is 9.00. The Kier molecular flexibility index (Phi) is 4.98. The van der Waals surface area contributed by atoms with Gasteiger partial charge in [-0.1, -0.05) is 11.6 Å². The smallest absolute Gasteiger partial charge is 0.303 e. The van der Waals surface area contributed by atoms with Gasteiger partial charge in [-0.05, 0) is 25.3 Å². The fraction of sp³-hybridized carbons (Fsp3) is 0.700. The Balaban J connectivity index is 2.58. The fourth-order valence-corrected chi connectivity index (χ4v) is 1.67. The lowest BCUT2D eigenvalue weighted by atomic mass is 10.1. The van der Waals surface area contributed by atoms with Crippen molar-refractivity contribution < 1.29 is 14.3 Å². The fourth-order valence-electron chi connectivity index (χ4n) is 1.53. The lowest BCUT2D eigenvalue weighted by Gasteiger charge is -2.21. The Bertz CT molecular complexity index is 215. The minimum Gasteiger partial charge on any atom is -0.459 e. The van der Waals surface area contributed by atoms with Crippen LogP contribution < -0.4 is 0 Å². The standard InChI is InChI=1S/C10H15ClO3/c1-8(12)14-10-4-2-3-7-13-9(10)5-6-11/h5-6,9-10H,2-4,7H2,1H3/b6-5-/t9-,10+/m0/s1. The van der Waals surface area contributed by atoms with Gasteiger partial charge in [-0.15, -0.1) is 0 Å². The molecule has 2 atom stereocenters. The summed E-state index contributed by atoms with van der Waals surface area (Å²) in [5.41, 5.74) is 1.41. The third kappa shape index (κ3) is 3.68. The van der Waals surface area contributed by atoms with Gasteiger partial charge in [0.05, 0.1) is 0 Å². The van der Waals surface area contributed by atoms with Crippen LogP contribution >= 0.6 is 11.6 Å². The number of carbonyl (C=O) groups excluding carboxylic acids is 1. The molecule has 0 bridgehead atoms. The normalized spacial score (nSPS) is 28.7. The molecular weight excluding hydrogens is 204 g/mol. The lowest BCUT2D eigenvalue weighted by molar-refractivity contribution is -0.151. The highest BCUT2D eigenvalue weighted by atomic mass is 35.5. The third-order valence-corrected chi connectivity index (χ3v) is 2.28. The molecule has 1 saturated heterocycles. The van der Waals surface area contributed by atoms with Gasteiger partial charge in [0, 0.05) is 19.1 Å². The summed E-state index contributed by atoms with van der Waals surface area (Å²) < 4.78 is 10.7. The predicted molar refractivity (Wildman–Crippen MR) is 54.1 cm³/mol. The monoisotopic (exact) mass is 218 g/mol. The Morgan fingerprint density at radius 3 is 3.00 bits per heavy atom. The van der Waals surface area contributed by atoms with Crippen molar-refractivity contribution in [1.82, 2.24) is 0 Å². The van der Waals surface area contributed by atoms with Gasteiger partial charge in [0.1, 0.15) is 12.2 Å². The highest BCUT2D eigenvalue weighted by Gasteiger charge is 2.24. The average Bonchev–Trinajstić information content (AvgIpc) is 2.32. The topological polar surface area (TPSA) is 35.5 Å². The van der Waals surface area contributed by atoms with Crippen LogP contribution in [0.3, 0.4) is 0 Å². The van der Waals surface area contributed by atoms with Crippen molar-refractivity contribution in [1.29, 1.82) is 0 Å². The van der Waals surface area contributed by atoms with Gasteiger partial charge >= 0.3 is 5.97 Å². The minimum absolute atomic E-state index is 0.190. The zero-order valence-electron chi connectivity index (χ0n) is 8.24. The molecule has 0 spiro atoms. The van der Waals surface area contributed by atoms with E-state index in [0.29, 0.717) is 6.61 Å². The number of hydrogen-bond donors (Lipinski definition) is 0. The summed E-state index contributed by atoms with van der Waals surface area (Å²) in [6.07, 6.45) is 4.20. The van der Waals surface area contributed by atoms with Gasteiger partial charge in [-0.2, -0.15) is 0 Å². The van der Waals surface area contributed by atoms with E-state index in [-0.39, 0.29) is 18.2 Å². The zero-order chi connectivity index (χ0) is 10.4. The summed E-state index contributed by atoms with van der Waals surface area (Å²) in [6.45, 7) is 2.11. The maximum Gasteiger partial charge on any atom is 0.303 e. The largest absolute Gasteiger partial charge is 0.459 e. The first-order chi connectivity index (χ1) is 6.74. The molecule has 1 heterocycles. The van der Waals surface area contributed by atoms with Crippen molar-refractivity contribution in [2.75, 3.05) is 6.61 Å². The number of carbonyl (C=O) groups is 1. The van der Waals surface area contributed by atoms with Gasteiger partial charge in [0.15, 0.2) is 0 Å². The van der Waals surface area contributed by atoms with Crippen molar-refractivity contribution in [2.24, 2.45) is 0 Å². The second-order valence-corrected chi connectivity index (χ2v) is 3.55. The number of halogens is 1. The molecule has 0 unspecified atom stereocenters. The highest BCUT2D eigenvalue weighted by molar-refractivity contribution is 6.25. The van der Waals surface area contributed by atoms with Crippen LogP contribution in [-0.4, -0.2) is 24.8 Å². The molecule has 0 aromatic heterocycles. The highest BCUT2D eigenvalue weighted by Crippen LogP contribution is 2.18. The maximum atomic E-state index is 10.8. The Morgan fingerprint density at radius 2 is 2.36 bits per heavy atom. The molecule has 0 aromatic carbocycles. The van der Waals surface area contributed by atoms with Crippen LogP contribution in [0.1, 0.15) is 26.2 Å². The number of hydrogen-bond acceptors (Lipinski definition) is 3. The summed E-state index contributed by atoms with van der Waals surface area (Å²) in [6, 6.07) is 0. The van der Waals surface area contributed by atoms with Crippen molar-refractivity contribution in [3.63, 3.8) is 0 Å². The van der Waals surface area contributed by atoms with Crippen LogP contribution in [0.15, 0.2) is 11.6 Å². The van der Waals surface area contributed by atoms with Crippen LogP contribution in [0.2, 0.25) is 0 Å². The van der Waals surface area contributed by atoms with E-state index in [9.17, 15) is 4.79 Å². The second kappa shape index (κ2) is 6.04. The van der Waals surface area contributed by atoms with Gasteiger partial charge < -0.3 is 9.47 Å². The lowest BCUT2D eigenvalue weighted by Crippen LogP contribution is -2.30. The predicted octanol–water partition coefficient (Wildman–Crippen LogP) is 2.24. The molecule has 0 amide bonds. The molecule has 0 N–H and O–H groups in total. The average molecular weight is 219 g/mol. The summed E-state index contributed by atoms with van der Waals surface area (Å²) in [7, 11) is 0. The van der Waals surface area contributed by atoms with E-state index in [1.54, 1.807) is 6.08 Å². The molecule has 0 aliphatic carbocycles. The van der Waals surface area contributed by atoms with E-state index in [2.05, 4.69) is 0 Å². The summed E-state index contributed by atoms with van der Waals surface area (Å²) in [4.78, 5) is 10.8. The van der Waals surface area contributed by atoms with Crippen LogP contribution in [0.5, 0.6) is 0 Å². The first-order valence-electron chi connectivity index (χ1n) is 4.79. The van der Waals surface area contributed by atoms with Crippen molar-refractivity contribution in [2.45, 2.75) is 38.4 Å². The molecule has 1 rings (SSSR count). The Labute approximate surface area is 89.0 Å². The van der Waals surface area contributed by atoms with Crippen molar-refractivity contribution >= 4 is 17.6 Å². The SMILES string of the molecule is CC(=O)O[C@@H]1CCCCO[C@H]1/C=C\Cl. The Hall–Kier alpha value is -0.540. The van der Waals surface area contributed by atoms with Gasteiger partial charge in [-0.3, -0.25) is 4.79 Å². The van der Waals surface area contributed by atoms with E-state index < -0.39 is 0 Å². The van der Waals surface area contributed by atoms with Crippen LogP contribution in [0, 0.1) is 0 Å². The molecule has 1 aliphatic heterocycles. The van der Waals surface area contributed by atoms with Crippen molar-refractivity contribution in [3.8, 4) is 0 Å². The van der Waals surface area contributed by atoms with Crippen molar-refractivity contribution in [3.05, 3.63) is 11.6 Å². The molecule has 0 aromatic rings. The Morgan fingerprint density at radius 1 is 1.57 bits per heavy atom. The second-order valence-electron chi connectivity index (χ2n) is 3.30. The van der Waals surface area contributed by atoms with E-state index in [1.807, 2.05) is 0 Å². The van der Waals surface area contributed by atoms with E-state index in [4.69, 9.17) is 21.1 Å². The number of rotatable bonds is 2. The van der Waals surface area contributed by atoms with Gasteiger partial charge in [0.2, 0.25) is 0 Å². The van der Waals surface area contributed by atoms with Crippen LogP contribution in [-0.2, 0) is 14.3 Å². The van der Waals surface area contributed by atoms with Crippen LogP contribution in [0.4, 0.5) is 0 Å². The summed E-state index contributed by atoms with van der Waals surface area (Å²) in [5, 5.41) is 0. The molecule has 0 radical (unpaired) electrons. The van der Waals surface area contributed by atoms with Gasteiger partial charge in [-0.25, -0.2) is 0 Å². The van der Waals surface area contributed by atoms with Gasteiger partial charge in [0.25, 0.3) is 0 Å². The van der Waals surface area contributed by atoms with E-state index in [1.165, 1.54) is 12.5 Å². The third-order valence-electron chi connectivity index (χ3n) is 2.14. The number of ether oxygens (including phenoxy) is 2. The molecule has 14 heavy (non-hydrogen) atoms. The minimum atomic E-state index is -0.270. The molecule has 0 saturated carbocycles. The quantitative estimate of drug-likeness (QED) is 0.667. The first-order valence-corrected chi connectivity index (χ1v) is 5.23. The molecule has 1 aliphatic rings. The molecule has 4 heteroatoms. The maximum absolute atomic E-state index is 10.8. The van der Waals surface area contributed by atoms with E-state index >= 15 is 0 Å². The van der Waals surface area contributed by atoms with E-state index in [0.717, 1.165) is 19.3 Å². The van der Waals surface area contributed by atoms with Crippen LogP contribution in [0.25, 0.3) is 0 Å². The molecule has 80 valence electrons. The molecular formula is C10H15ClO3. The molecule has 1 fully saturated rings. The molecule has 3 nitrogen and oxygen atoms in total. The summed E-state index contributed by atoms with van der Waals surface area (Å²) in [5.74, 6) is -0.270. The summed E-state index contributed by atoms with van der Waals surface area (Å²) >= 11 is 5.49. The first kappa shape index (κ1) is 11.5.